The molecular formula is C15H20O5. The fourth-order valence-corrected chi connectivity index (χ4v) is 1.52. The van der Waals surface area contributed by atoms with Crippen molar-refractivity contribution in [1.29, 1.82) is 0 Å². The summed E-state index contributed by atoms with van der Waals surface area (Å²) < 4.78 is 15.1. The predicted octanol–water partition coefficient (Wildman–Crippen LogP) is 1.69. The van der Waals surface area contributed by atoms with E-state index in [0.29, 0.717) is 13.0 Å². The SMILES string of the molecule is COC(=O)/C=C/C[C@@H](CO)OCc1ccc(OC)cc1. The van der Waals surface area contributed by atoms with E-state index in [1.807, 2.05) is 24.3 Å². The van der Waals surface area contributed by atoms with Gasteiger partial charge in [-0.1, -0.05) is 18.2 Å². The Morgan fingerprint density at radius 1 is 1.30 bits per heavy atom. The Hall–Kier alpha value is -1.85. The molecule has 1 aromatic carbocycles. The number of hydrogen-bond acceptors (Lipinski definition) is 5. The molecule has 1 aromatic rings. The smallest absolute Gasteiger partial charge is 0.330 e. The van der Waals surface area contributed by atoms with Crippen molar-refractivity contribution in [2.75, 3.05) is 20.8 Å². The van der Waals surface area contributed by atoms with E-state index in [2.05, 4.69) is 4.74 Å². The maximum absolute atomic E-state index is 10.9. The third-order valence-corrected chi connectivity index (χ3v) is 2.70. The van der Waals surface area contributed by atoms with E-state index in [1.54, 1.807) is 13.2 Å². The highest BCUT2D eigenvalue weighted by atomic mass is 16.5. The molecular weight excluding hydrogens is 260 g/mol. The van der Waals surface area contributed by atoms with Crippen LogP contribution in [0.5, 0.6) is 5.75 Å². The molecule has 5 nitrogen and oxygen atoms in total. The number of aliphatic hydroxyl groups excluding tert-OH is 1. The molecule has 5 heteroatoms. The lowest BCUT2D eigenvalue weighted by molar-refractivity contribution is -0.134. The van der Waals surface area contributed by atoms with Crippen LogP contribution in [0.3, 0.4) is 0 Å². The van der Waals surface area contributed by atoms with Crippen LogP contribution in [-0.2, 0) is 20.9 Å². The van der Waals surface area contributed by atoms with E-state index >= 15 is 0 Å². The van der Waals surface area contributed by atoms with Gasteiger partial charge in [0.05, 0.1) is 33.5 Å². The summed E-state index contributed by atoms with van der Waals surface area (Å²) in [5.41, 5.74) is 0.987. The first-order chi connectivity index (χ1) is 9.69. The van der Waals surface area contributed by atoms with E-state index in [4.69, 9.17) is 9.47 Å². The molecule has 0 radical (unpaired) electrons. The maximum atomic E-state index is 10.9. The van der Waals surface area contributed by atoms with Crippen molar-refractivity contribution in [2.24, 2.45) is 0 Å². The lowest BCUT2D eigenvalue weighted by atomic mass is 10.2. The molecule has 0 aliphatic carbocycles. The van der Waals surface area contributed by atoms with Crippen LogP contribution in [0.2, 0.25) is 0 Å². The van der Waals surface area contributed by atoms with Crippen molar-refractivity contribution in [3.63, 3.8) is 0 Å². The molecule has 0 saturated heterocycles. The average Bonchev–Trinajstić information content (AvgIpc) is 2.50. The van der Waals surface area contributed by atoms with E-state index in [1.165, 1.54) is 13.2 Å². The highest BCUT2D eigenvalue weighted by Crippen LogP contribution is 2.13. The number of esters is 1. The van der Waals surface area contributed by atoms with Crippen LogP contribution >= 0.6 is 0 Å². The van der Waals surface area contributed by atoms with Crippen LogP contribution < -0.4 is 4.74 Å². The van der Waals surface area contributed by atoms with Crippen molar-refractivity contribution in [1.82, 2.24) is 0 Å². The normalized spacial score (nSPS) is 12.3. The molecule has 0 aliphatic heterocycles. The highest BCUT2D eigenvalue weighted by Gasteiger charge is 2.06. The summed E-state index contributed by atoms with van der Waals surface area (Å²) >= 11 is 0. The van der Waals surface area contributed by atoms with Gasteiger partial charge < -0.3 is 19.3 Å². The van der Waals surface area contributed by atoms with Gasteiger partial charge in [0.15, 0.2) is 0 Å². The summed E-state index contributed by atoms with van der Waals surface area (Å²) in [4.78, 5) is 10.9. The zero-order chi connectivity index (χ0) is 14.8. The van der Waals surface area contributed by atoms with Crippen molar-refractivity contribution >= 4 is 5.97 Å². The summed E-state index contributed by atoms with van der Waals surface area (Å²) in [6.07, 6.45) is 3.04. The predicted molar refractivity (Wildman–Crippen MR) is 74.4 cm³/mol. The van der Waals surface area contributed by atoms with Crippen LogP contribution in [0.25, 0.3) is 0 Å². The van der Waals surface area contributed by atoms with Crippen molar-refractivity contribution < 1.29 is 24.1 Å². The lowest BCUT2D eigenvalue weighted by Gasteiger charge is -2.13. The molecule has 1 rings (SSSR count). The van der Waals surface area contributed by atoms with Gasteiger partial charge in [-0.05, 0) is 24.1 Å². The van der Waals surface area contributed by atoms with Crippen LogP contribution in [0.4, 0.5) is 0 Å². The van der Waals surface area contributed by atoms with Crippen LogP contribution in [0.1, 0.15) is 12.0 Å². The highest BCUT2D eigenvalue weighted by molar-refractivity contribution is 5.81. The number of carbonyl (C=O) groups is 1. The first kappa shape index (κ1) is 16.2. The van der Waals surface area contributed by atoms with E-state index in [9.17, 15) is 9.90 Å². The molecule has 0 saturated carbocycles. The molecule has 0 fully saturated rings. The first-order valence-electron chi connectivity index (χ1n) is 6.29. The van der Waals surface area contributed by atoms with Crippen LogP contribution in [0.15, 0.2) is 36.4 Å². The fraction of sp³-hybridized carbons (Fsp3) is 0.400. The minimum atomic E-state index is -0.420. The Labute approximate surface area is 118 Å². The number of rotatable bonds is 8. The number of hydrogen-bond donors (Lipinski definition) is 1. The Kier molecular flexibility index (Phi) is 7.39. The van der Waals surface area contributed by atoms with E-state index < -0.39 is 5.97 Å². The quantitative estimate of drug-likeness (QED) is 0.580. The zero-order valence-corrected chi connectivity index (χ0v) is 11.7. The fourth-order valence-electron chi connectivity index (χ4n) is 1.52. The molecule has 1 atom stereocenters. The molecule has 0 amide bonds. The Balaban J connectivity index is 2.40. The third-order valence-electron chi connectivity index (χ3n) is 2.70. The van der Waals surface area contributed by atoms with Gasteiger partial charge in [0, 0.05) is 6.08 Å². The molecule has 20 heavy (non-hydrogen) atoms. The standard InChI is InChI=1S/C15H20O5/c1-18-13-8-6-12(7-9-13)11-20-14(10-16)4-3-5-15(17)19-2/h3,5-9,14,16H,4,10-11H2,1-2H3/b5-3+/t14-/m0/s1. The summed E-state index contributed by atoms with van der Waals surface area (Å²) in [7, 11) is 2.93. The van der Waals surface area contributed by atoms with Gasteiger partial charge in [0.2, 0.25) is 0 Å². The van der Waals surface area contributed by atoms with Crippen molar-refractivity contribution in [2.45, 2.75) is 19.1 Å². The number of ether oxygens (including phenoxy) is 3. The molecule has 1 N–H and O–H groups in total. The topological polar surface area (TPSA) is 65.0 Å². The minimum absolute atomic E-state index is 0.109. The summed E-state index contributed by atoms with van der Waals surface area (Å²) in [6.45, 7) is 0.281. The van der Waals surface area contributed by atoms with Gasteiger partial charge in [-0.25, -0.2) is 4.79 Å². The largest absolute Gasteiger partial charge is 0.497 e. The molecule has 0 aromatic heterocycles. The third kappa shape index (κ3) is 5.86. The summed E-state index contributed by atoms with van der Waals surface area (Å²) in [6, 6.07) is 7.50. The maximum Gasteiger partial charge on any atom is 0.330 e. The van der Waals surface area contributed by atoms with E-state index in [-0.39, 0.29) is 12.7 Å². The lowest BCUT2D eigenvalue weighted by Crippen LogP contribution is -2.16. The zero-order valence-electron chi connectivity index (χ0n) is 11.7. The minimum Gasteiger partial charge on any atom is -0.497 e. The molecule has 0 unspecified atom stereocenters. The van der Waals surface area contributed by atoms with Crippen LogP contribution in [0, 0.1) is 0 Å². The first-order valence-corrected chi connectivity index (χ1v) is 6.29. The second-order valence-electron chi connectivity index (χ2n) is 4.12. The molecule has 0 heterocycles. The Morgan fingerprint density at radius 2 is 2.00 bits per heavy atom. The second kappa shape index (κ2) is 9.12. The van der Waals surface area contributed by atoms with Crippen molar-refractivity contribution in [3.05, 3.63) is 42.0 Å². The Bertz CT molecular complexity index is 424. The number of carbonyl (C=O) groups excluding carboxylic acids is 1. The Morgan fingerprint density at radius 3 is 2.55 bits per heavy atom. The molecule has 0 aliphatic rings. The van der Waals surface area contributed by atoms with Gasteiger partial charge in [-0.2, -0.15) is 0 Å². The van der Waals surface area contributed by atoms with Gasteiger partial charge >= 0.3 is 5.97 Å². The van der Waals surface area contributed by atoms with Crippen LogP contribution in [-0.4, -0.2) is 38.0 Å². The van der Waals surface area contributed by atoms with Gasteiger partial charge in [0.25, 0.3) is 0 Å². The van der Waals surface area contributed by atoms with Gasteiger partial charge in [-0.3, -0.25) is 0 Å². The second-order valence-corrected chi connectivity index (χ2v) is 4.12. The number of benzene rings is 1. The summed E-state index contributed by atoms with van der Waals surface area (Å²) in [5.74, 6) is 0.366. The molecule has 0 spiro atoms. The molecule has 110 valence electrons. The average molecular weight is 280 g/mol. The van der Waals surface area contributed by atoms with Crippen molar-refractivity contribution in [3.8, 4) is 5.75 Å². The summed E-state index contributed by atoms with van der Waals surface area (Å²) in [5, 5.41) is 9.21. The van der Waals surface area contributed by atoms with E-state index in [0.717, 1.165) is 11.3 Å². The van der Waals surface area contributed by atoms with Gasteiger partial charge in [-0.15, -0.1) is 0 Å². The molecule has 0 bridgehead atoms. The number of aliphatic hydroxyl groups is 1. The monoisotopic (exact) mass is 280 g/mol. The van der Waals surface area contributed by atoms with Gasteiger partial charge in [0.1, 0.15) is 5.75 Å². The number of methoxy groups -OCH3 is 2.